The fraction of sp³-hybridized carbons (Fsp3) is 0.562. The van der Waals surface area contributed by atoms with Gasteiger partial charge in [-0.1, -0.05) is 25.5 Å². The first-order valence-electron chi connectivity index (χ1n) is 7.28. The maximum atomic E-state index is 12.0. The number of rotatable bonds is 4. The van der Waals surface area contributed by atoms with Gasteiger partial charge in [0.25, 0.3) is 0 Å². The minimum Gasteiger partial charge on any atom is -0.508 e. The average Bonchev–Trinajstić information content (AvgIpc) is 2.41. The highest BCUT2D eigenvalue weighted by molar-refractivity contribution is 5.76. The molecule has 1 aromatic rings. The molecule has 2 rings (SSSR count). The number of carbonyl (C=O) groups excluding carboxylic acids is 1. The number of carbonyl (C=O) groups is 1. The summed E-state index contributed by atoms with van der Waals surface area (Å²) in [6.07, 6.45) is 4.68. The summed E-state index contributed by atoms with van der Waals surface area (Å²) in [5.41, 5.74) is 6.82. The second-order valence-electron chi connectivity index (χ2n) is 5.81. The molecule has 0 heterocycles. The third kappa shape index (κ3) is 4.23. The summed E-state index contributed by atoms with van der Waals surface area (Å²) >= 11 is 0. The zero-order valence-corrected chi connectivity index (χ0v) is 11.9. The zero-order chi connectivity index (χ0) is 14.5. The van der Waals surface area contributed by atoms with Crippen molar-refractivity contribution in [1.29, 1.82) is 0 Å². The van der Waals surface area contributed by atoms with Gasteiger partial charge < -0.3 is 15.6 Å². The van der Waals surface area contributed by atoms with E-state index in [4.69, 9.17) is 10.5 Å². The number of hydrogen-bond donors (Lipinski definition) is 2. The predicted octanol–water partition coefficient (Wildman–Crippen LogP) is 2.38. The normalized spacial score (nSPS) is 24.1. The number of benzene rings is 1. The van der Waals surface area contributed by atoms with Crippen molar-refractivity contribution in [2.75, 3.05) is 0 Å². The topological polar surface area (TPSA) is 72.5 Å². The van der Waals surface area contributed by atoms with E-state index in [2.05, 4.69) is 6.92 Å². The number of nitrogens with two attached hydrogens (primary N) is 1. The summed E-state index contributed by atoms with van der Waals surface area (Å²) in [5, 5.41) is 9.22. The third-order valence-electron chi connectivity index (χ3n) is 3.87. The number of phenols is 1. The Hall–Kier alpha value is -1.55. The number of hydrogen-bond acceptors (Lipinski definition) is 4. The zero-order valence-electron chi connectivity index (χ0n) is 11.9. The highest BCUT2D eigenvalue weighted by atomic mass is 16.5. The molecule has 110 valence electrons. The van der Waals surface area contributed by atoms with Crippen LogP contribution in [0, 0.1) is 5.92 Å². The summed E-state index contributed by atoms with van der Waals surface area (Å²) < 4.78 is 5.51. The van der Waals surface area contributed by atoms with Crippen LogP contribution in [0.15, 0.2) is 24.3 Å². The molecular weight excluding hydrogens is 254 g/mol. The van der Waals surface area contributed by atoms with E-state index in [-0.39, 0.29) is 17.8 Å². The summed E-state index contributed by atoms with van der Waals surface area (Å²) in [7, 11) is 0. The average molecular weight is 277 g/mol. The molecule has 0 bridgehead atoms. The molecule has 20 heavy (non-hydrogen) atoms. The van der Waals surface area contributed by atoms with Crippen molar-refractivity contribution in [2.24, 2.45) is 11.7 Å². The Bertz CT molecular complexity index is 444. The van der Waals surface area contributed by atoms with Crippen LogP contribution < -0.4 is 5.73 Å². The van der Waals surface area contributed by atoms with E-state index in [0.29, 0.717) is 12.3 Å². The van der Waals surface area contributed by atoms with Gasteiger partial charge in [-0.3, -0.25) is 4.79 Å². The van der Waals surface area contributed by atoms with Gasteiger partial charge in [-0.25, -0.2) is 0 Å². The van der Waals surface area contributed by atoms with E-state index in [1.807, 2.05) is 0 Å². The molecule has 0 spiro atoms. The Morgan fingerprint density at radius 1 is 1.40 bits per heavy atom. The van der Waals surface area contributed by atoms with Crippen LogP contribution in [0.3, 0.4) is 0 Å². The summed E-state index contributed by atoms with van der Waals surface area (Å²) in [5.74, 6) is 0.508. The van der Waals surface area contributed by atoms with Gasteiger partial charge in [-0.05, 0) is 49.3 Å². The van der Waals surface area contributed by atoms with Gasteiger partial charge in [-0.15, -0.1) is 0 Å². The van der Waals surface area contributed by atoms with Crippen molar-refractivity contribution in [3.63, 3.8) is 0 Å². The van der Waals surface area contributed by atoms with Crippen molar-refractivity contribution >= 4 is 5.97 Å². The molecule has 2 unspecified atom stereocenters. The SMILES string of the molecule is CC1CCCC(OC(=O)[C@@H](N)Cc2ccc(O)cc2)C1. The van der Waals surface area contributed by atoms with Crippen molar-refractivity contribution in [2.45, 2.75) is 51.2 Å². The van der Waals surface area contributed by atoms with Crippen molar-refractivity contribution in [3.8, 4) is 5.75 Å². The van der Waals surface area contributed by atoms with Gasteiger partial charge in [0.1, 0.15) is 17.9 Å². The Labute approximate surface area is 119 Å². The van der Waals surface area contributed by atoms with Gasteiger partial charge in [0.2, 0.25) is 0 Å². The van der Waals surface area contributed by atoms with Crippen LogP contribution in [0.4, 0.5) is 0 Å². The lowest BCUT2D eigenvalue weighted by molar-refractivity contribution is -0.152. The molecule has 3 N–H and O–H groups in total. The van der Waals surface area contributed by atoms with Gasteiger partial charge in [0, 0.05) is 0 Å². The van der Waals surface area contributed by atoms with Crippen molar-refractivity contribution in [3.05, 3.63) is 29.8 Å². The minimum atomic E-state index is -0.642. The lowest BCUT2D eigenvalue weighted by Gasteiger charge is -2.27. The van der Waals surface area contributed by atoms with Crippen LogP contribution in [-0.4, -0.2) is 23.2 Å². The van der Waals surface area contributed by atoms with Crippen LogP contribution in [-0.2, 0) is 16.0 Å². The molecule has 0 amide bonds. The molecule has 3 atom stereocenters. The molecular formula is C16H23NO3. The molecule has 0 saturated heterocycles. The monoisotopic (exact) mass is 277 g/mol. The van der Waals surface area contributed by atoms with Gasteiger partial charge in [0.05, 0.1) is 0 Å². The maximum Gasteiger partial charge on any atom is 0.323 e. The lowest BCUT2D eigenvalue weighted by atomic mass is 9.88. The van der Waals surface area contributed by atoms with Crippen LogP contribution in [0.2, 0.25) is 0 Å². The van der Waals surface area contributed by atoms with Gasteiger partial charge >= 0.3 is 5.97 Å². The Balaban J connectivity index is 1.83. The highest BCUT2D eigenvalue weighted by Crippen LogP contribution is 2.26. The second kappa shape index (κ2) is 6.75. The number of ether oxygens (including phenoxy) is 1. The van der Waals surface area contributed by atoms with E-state index in [9.17, 15) is 9.90 Å². The number of phenolic OH excluding ortho intramolecular Hbond substituents is 1. The Morgan fingerprint density at radius 3 is 2.75 bits per heavy atom. The fourth-order valence-corrected chi connectivity index (χ4v) is 2.71. The second-order valence-corrected chi connectivity index (χ2v) is 5.81. The summed E-state index contributed by atoms with van der Waals surface area (Å²) in [4.78, 5) is 12.0. The number of aromatic hydroxyl groups is 1. The molecule has 0 aliphatic heterocycles. The molecule has 1 aliphatic carbocycles. The van der Waals surface area contributed by atoms with E-state index in [1.54, 1.807) is 24.3 Å². The van der Waals surface area contributed by atoms with E-state index < -0.39 is 6.04 Å². The predicted molar refractivity (Wildman–Crippen MR) is 77.3 cm³/mol. The quantitative estimate of drug-likeness (QED) is 0.829. The minimum absolute atomic E-state index is 0.0251. The fourth-order valence-electron chi connectivity index (χ4n) is 2.71. The van der Waals surface area contributed by atoms with Gasteiger partial charge in [-0.2, -0.15) is 0 Å². The molecule has 0 radical (unpaired) electrons. The van der Waals surface area contributed by atoms with Crippen molar-refractivity contribution in [1.82, 2.24) is 0 Å². The molecule has 4 heteroatoms. The van der Waals surface area contributed by atoms with Crippen LogP contribution in [0.5, 0.6) is 5.75 Å². The molecule has 1 saturated carbocycles. The van der Waals surface area contributed by atoms with E-state index in [1.165, 1.54) is 6.42 Å². The first-order chi connectivity index (χ1) is 9.54. The molecule has 1 aromatic carbocycles. The van der Waals surface area contributed by atoms with Crippen molar-refractivity contribution < 1.29 is 14.6 Å². The standard InChI is InChI=1S/C16H23NO3/c1-11-3-2-4-14(9-11)20-16(19)15(17)10-12-5-7-13(18)8-6-12/h5-8,11,14-15,18H,2-4,9-10,17H2,1H3/t11?,14?,15-/m0/s1. The molecule has 1 fully saturated rings. The maximum absolute atomic E-state index is 12.0. The highest BCUT2D eigenvalue weighted by Gasteiger charge is 2.24. The summed E-state index contributed by atoms with van der Waals surface area (Å²) in [6.45, 7) is 2.19. The van der Waals surface area contributed by atoms with E-state index in [0.717, 1.165) is 24.8 Å². The van der Waals surface area contributed by atoms with Crippen LogP contribution in [0.25, 0.3) is 0 Å². The molecule has 0 aromatic heterocycles. The van der Waals surface area contributed by atoms with E-state index >= 15 is 0 Å². The van der Waals surface area contributed by atoms with Crippen LogP contribution in [0.1, 0.15) is 38.2 Å². The lowest BCUT2D eigenvalue weighted by Crippen LogP contribution is -2.37. The first kappa shape index (κ1) is 14.9. The number of esters is 1. The van der Waals surface area contributed by atoms with Gasteiger partial charge in [0.15, 0.2) is 0 Å². The molecule has 4 nitrogen and oxygen atoms in total. The summed E-state index contributed by atoms with van der Waals surface area (Å²) in [6, 6.07) is 6.08. The Kier molecular flexibility index (Phi) is 5.01. The molecule has 1 aliphatic rings. The Morgan fingerprint density at radius 2 is 2.10 bits per heavy atom. The van der Waals surface area contributed by atoms with Crippen LogP contribution >= 0.6 is 0 Å². The smallest absolute Gasteiger partial charge is 0.323 e. The third-order valence-corrected chi connectivity index (χ3v) is 3.87. The first-order valence-corrected chi connectivity index (χ1v) is 7.28. The largest absolute Gasteiger partial charge is 0.508 e.